The predicted molar refractivity (Wildman–Crippen MR) is 164 cm³/mol. The SMILES string of the molecule is C[C@@H]1[C@@H](N=C(Nc2ccc3c(=O)n(CCc4ccc(F)cc4)cnc3c2)N2C[C@H](C)N[C@@H](C)C2)C[C@@H]2C[C@H]1C2(C)C. The van der Waals surface area contributed by atoms with Crippen LogP contribution in [0.5, 0.6) is 0 Å². The zero-order valence-electron chi connectivity index (χ0n) is 24.9. The van der Waals surface area contributed by atoms with Gasteiger partial charge in [-0.3, -0.25) is 9.36 Å². The van der Waals surface area contributed by atoms with Crippen molar-refractivity contribution < 1.29 is 4.39 Å². The van der Waals surface area contributed by atoms with E-state index in [1.165, 1.54) is 18.6 Å². The molecule has 6 atom stereocenters. The van der Waals surface area contributed by atoms with Gasteiger partial charge in [-0.05, 0) is 92.2 Å². The molecule has 0 amide bonds. The molecule has 0 unspecified atom stereocenters. The smallest absolute Gasteiger partial charge is 0.261 e. The van der Waals surface area contributed by atoms with Gasteiger partial charge in [-0.15, -0.1) is 0 Å². The highest BCUT2D eigenvalue weighted by Gasteiger charge is 2.56. The molecule has 4 aliphatic rings. The number of aliphatic imine (C=N–C) groups is 1. The van der Waals surface area contributed by atoms with Crippen molar-refractivity contribution in [2.24, 2.45) is 28.2 Å². The monoisotopic (exact) mass is 558 g/mol. The summed E-state index contributed by atoms with van der Waals surface area (Å²) in [6.45, 7) is 14.0. The summed E-state index contributed by atoms with van der Waals surface area (Å²) in [6.07, 6.45) is 4.73. The predicted octanol–water partition coefficient (Wildman–Crippen LogP) is 5.30. The van der Waals surface area contributed by atoms with E-state index in [9.17, 15) is 9.18 Å². The van der Waals surface area contributed by atoms with Crippen LogP contribution in [-0.4, -0.2) is 51.6 Å². The number of anilines is 1. The van der Waals surface area contributed by atoms with Crippen LogP contribution < -0.4 is 16.2 Å². The van der Waals surface area contributed by atoms with Crippen molar-refractivity contribution in [2.45, 2.75) is 78.6 Å². The highest BCUT2D eigenvalue weighted by Crippen LogP contribution is 2.61. The number of guanidine groups is 1. The largest absolute Gasteiger partial charge is 0.340 e. The molecule has 2 aromatic carbocycles. The lowest BCUT2D eigenvalue weighted by Crippen LogP contribution is -2.59. The van der Waals surface area contributed by atoms with E-state index in [0.29, 0.717) is 53.3 Å². The standard InChI is InChI=1S/C33H43FN6O/c1-20-17-40(18-21(2)36-20)32(38-29-15-24-14-28(22(29)3)33(24,4)5)37-26-10-11-27-30(16-26)35-19-39(31(27)41)13-12-23-6-8-25(34)9-7-23/h6-11,16,19-22,24,28-29,36H,12-15,17-18H2,1-5H3,(H,37,38)/t20-,21-,22-,24-,28+,29-/m0/s1. The molecular formula is C33H43FN6O. The number of fused-ring (bicyclic) bond motifs is 3. The van der Waals surface area contributed by atoms with E-state index in [-0.39, 0.29) is 11.4 Å². The van der Waals surface area contributed by atoms with E-state index in [1.54, 1.807) is 23.0 Å². The zero-order chi connectivity index (χ0) is 28.9. The van der Waals surface area contributed by atoms with E-state index in [4.69, 9.17) is 4.99 Å². The Labute approximate surface area is 242 Å². The molecule has 2 N–H and O–H groups in total. The molecular weight excluding hydrogens is 515 g/mol. The Balaban J connectivity index is 1.24. The van der Waals surface area contributed by atoms with Crippen molar-refractivity contribution in [3.8, 4) is 0 Å². The molecule has 0 radical (unpaired) electrons. The van der Waals surface area contributed by atoms with Crippen molar-refractivity contribution in [1.29, 1.82) is 0 Å². The first-order valence-electron chi connectivity index (χ1n) is 15.2. The highest BCUT2D eigenvalue weighted by molar-refractivity contribution is 5.96. The summed E-state index contributed by atoms with van der Waals surface area (Å²) in [5.74, 6) is 2.69. The van der Waals surface area contributed by atoms with Gasteiger partial charge in [0, 0.05) is 37.4 Å². The maximum Gasteiger partial charge on any atom is 0.261 e. The first-order chi connectivity index (χ1) is 19.6. The molecule has 7 rings (SSSR count). The molecule has 1 aliphatic heterocycles. The van der Waals surface area contributed by atoms with Gasteiger partial charge in [0.25, 0.3) is 5.56 Å². The van der Waals surface area contributed by atoms with Crippen LogP contribution in [0.4, 0.5) is 10.1 Å². The molecule has 3 saturated carbocycles. The number of nitrogens with one attached hydrogen (secondary N) is 2. The minimum Gasteiger partial charge on any atom is -0.340 e. The van der Waals surface area contributed by atoms with Gasteiger partial charge in [-0.1, -0.05) is 32.9 Å². The third-order valence-electron chi connectivity index (χ3n) is 10.1. The van der Waals surface area contributed by atoms with Crippen LogP contribution in [-0.2, 0) is 13.0 Å². The Morgan fingerprint density at radius 2 is 1.83 bits per heavy atom. The van der Waals surface area contributed by atoms with E-state index in [1.807, 2.05) is 18.2 Å². The molecule has 41 heavy (non-hydrogen) atoms. The van der Waals surface area contributed by atoms with E-state index < -0.39 is 0 Å². The molecule has 1 saturated heterocycles. The number of nitrogens with zero attached hydrogens (tertiary/aromatic N) is 4. The number of piperazine rings is 1. The Morgan fingerprint density at radius 3 is 2.51 bits per heavy atom. The fourth-order valence-electron chi connectivity index (χ4n) is 7.57. The second kappa shape index (κ2) is 10.9. The Morgan fingerprint density at radius 1 is 1.10 bits per heavy atom. The summed E-state index contributed by atoms with van der Waals surface area (Å²) in [4.78, 5) is 25.7. The van der Waals surface area contributed by atoms with Crippen molar-refractivity contribution in [3.63, 3.8) is 0 Å². The second-order valence-corrected chi connectivity index (χ2v) is 13.3. The summed E-state index contributed by atoms with van der Waals surface area (Å²) in [5.41, 5.74) is 2.88. The van der Waals surface area contributed by atoms with E-state index in [0.717, 1.165) is 48.6 Å². The van der Waals surface area contributed by atoms with Crippen LogP contribution in [0.15, 0.2) is 58.6 Å². The van der Waals surface area contributed by atoms with Crippen LogP contribution in [0.25, 0.3) is 10.9 Å². The average molecular weight is 559 g/mol. The van der Waals surface area contributed by atoms with E-state index in [2.05, 4.69) is 55.1 Å². The minimum atomic E-state index is -0.259. The molecule has 2 bridgehead atoms. The third-order valence-corrected chi connectivity index (χ3v) is 10.1. The molecule has 8 heteroatoms. The number of aryl methyl sites for hydroxylation is 2. The fourth-order valence-corrected chi connectivity index (χ4v) is 7.57. The fraction of sp³-hybridized carbons (Fsp3) is 0.545. The van der Waals surface area contributed by atoms with Gasteiger partial charge in [0.1, 0.15) is 5.82 Å². The number of halogens is 1. The van der Waals surface area contributed by atoms with E-state index >= 15 is 0 Å². The van der Waals surface area contributed by atoms with Crippen molar-refractivity contribution in [3.05, 3.63) is 70.5 Å². The number of aromatic nitrogens is 2. The Bertz CT molecular complexity index is 1490. The summed E-state index contributed by atoms with van der Waals surface area (Å²) in [7, 11) is 0. The number of benzene rings is 2. The average Bonchev–Trinajstić information content (AvgIpc) is 2.93. The zero-order valence-corrected chi connectivity index (χ0v) is 24.9. The van der Waals surface area contributed by atoms with Crippen molar-refractivity contribution in [1.82, 2.24) is 19.8 Å². The summed E-state index contributed by atoms with van der Waals surface area (Å²) >= 11 is 0. The molecule has 218 valence electrons. The maximum atomic E-state index is 13.2. The summed E-state index contributed by atoms with van der Waals surface area (Å²) in [6, 6.07) is 13.2. The lowest BCUT2D eigenvalue weighted by atomic mass is 9.45. The number of hydrogen-bond donors (Lipinski definition) is 2. The van der Waals surface area contributed by atoms with Gasteiger partial charge < -0.3 is 15.5 Å². The quantitative estimate of drug-likeness (QED) is 0.329. The molecule has 7 nitrogen and oxygen atoms in total. The molecule has 3 aliphatic carbocycles. The molecule has 1 aromatic heterocycles. The Kier molecular flexibility index (Phi) is 7.39. The van der Waals surface area contributed by atoms with Crippen LogP contribution >= 0.6 is 0 Å². The van der Waals surface area contributed by atoms with Crippen molar-refractivity contribution in [2.75, 3.05) is 18.4 Å². The van der Waals surface area contributed by atoms with Gasteiger partial charge in [0.15, 0.2) is 5.96 Å². The van der Waals surface area contributed by atoms with Gasteiger partial charge in [0.2, 0.25) is 0 Å². The summed E-state index contributed by atoms with van der Waals surface area (Å²) < 4.78 is 14.9. The van der Waals surface area contributed by atoms with Crippen LogP contribution in [0.1, 0.15) is 53.0 Å². The third kappa shape index (κ3) is 5.51. The second-order valence-electron chi connectivity index (χ2n) is 13.3. The number of rotatable bonds is 5. The maximum absolute atomic E-state index is 13.2. The topological polar surface area (TPSA) is 74.5 Å². The molecule has 4 fully saturated rings. The number of hydrogen-bond acceptors (Lipinski definition) is 4. The lowest BCUT2D eigenvalue weighted by Gasteiger charge is -2.61. The first-order valence-corrected chi connectivity index (χ1v) is 15.2. The van der Waals surface area contributed by atoms with Crippen LogP contribution in [0.3, 0.4) is 0 Å². The first kappa shape index (κ1) is 27.9. The lowest BCUT2D eigenvalue weighted by molar-refractivity contribution is -0.108. The normalized spacial score (nSPS) is 29.3. The van der Waals surface area contributed by atoms with Gasteiger partial charge >= 0.3 is 0 Å². The van der Waals surface area contributed by atoms with Crippen LogP contribution in [0, 0.1) is 29.0 Å². The van der Waals surface area contributed by atoms with Crippen molar-refractivity contribution >= 4 is 22.5 Å². The van der Waals surface area contributed by atoms with Gasteiger partial charge in [-0.2, -0.15) is 0 Å². The summed E-state index contributed by atoms with van der Waals surface area (Å²) in [5, 5.41) is 7.88. The van der Waals surface area contributed by atoms with Gasteiger partial charge in [0.05, 0.1) is 23.3 Å². The minimum absolute atomic E-state index is 0.0693. The molecule has 0 spiro atoms. The molecule has 3 aromatic rings. The van der Waals surface area contributed by atoms with Gasteiger partial charge in [-0.25, -0.2) is 14.4 Å². The van der Waals surface area contributed by atoms with Crippen LogP contribution in [0.2, 0.25) is 0 Å². The highest BCUT2D eigenvalue weighted by atomic mass is 19.1. The Hall–Kier alpha value is -3.26. The molecule has 2 heterocycles.